The van der Waals surface area contributed by atoms with Crippen LogP contribution in [0.1, 0.15) is 42.3 Å². The van der Waals surface area contributed by atoms with E-state index >= 15 is 0 Å². The van der Waals surface area contributed by atoms with Gasteiger partial charge in [0.2, 0.25) is 0 Å². The van der Waals surface area contributed by atoms with Crippen molar-refractivity contribution in [3.63, 3.8) is 0 Å². The molecule has 0 bridgehead atoms. The van der Waals surface area contributed by atoms with Gasteiger partial charge in [-0.25, -0.2) is 5.84 Å². The summed E-state index contributed by atoms with van der Waals surface area (Å²) in [6, 6.07) is 1.85. The zero-order valence-corrected chi connectivity index (χ0v) is 10.8. The third kappa shape index (κ3) is 3.11. The summed E-state index contributed by atoms with van der Waals surface area (Å²) in [5.41, 5.74) is 3.02. The van der Waals surface area contributed by atoms with Crippen molar-refractivity contribution in [1.82, 2.24) is 10.3 Å². The second-order valence-corrected chi connectivity index (χ2v) is 5.06. The number of nitrogens with zero attached hydrogens (tertiary/aromatic N) is 1. The summed E-state index contributed by atoms with van der Waals surface area (Å²) in [5.74, 6) is 5.90. The molecule has 1 aromatic rings. The molecule has 3 N–H and O–H groups in total. The third-order valence-corrected chi connectivity index (χ3v) is 3.59. The van der Waals surface area contributed by atoms with E-state index in [0.717, 1.165) is 31.1 Å². The van der Waals surface area contributed by atoms with E-state index in [1.54, 1.807) is 6.26 Å². The van der Waals surface area contributed by atoms with Crippen LogP contribution in [0.25, 0.3) is 0 Å². The average molecular weight is 251 g/mol. The minimum absolute atomic E-state index is 0.329. The van der Waals surface area contributed by atoms with Gasteiger partial charge >= 0.3 is 5.91 Å². The molecular weight excluding hydrogens is 230 g/mol. The maximum absolute atomic E-state index is 11.5. The summed E-state index contributed by atoms with van der Waals surface area (Å²) in [7, 11) is 0. The first-order valence-electron chi connectivity index (χ1n) is 6.50. The molecule has 1 atom stereocenters. The fraction of sp³-hybridized carbons (Fsp3) is 0.615. The normalized spacial score (nSPS) is 21.6. The highest BCUT2D eigenvalue weighted by Crippen LogP contribution is 2.20. The number of nitrogen functional groups attached to an aromatic ring is 1. The number of hydrazine groups is 1. The summed E-state index contributed by atoms with van der Waals surface area (Å²) in [5, 5.41) is 0. The molecule has 2 heterocycles. The molecule has 1 aliphatic heterocycles. The van der Waals surface area contributed by atoms with E-state index in [4.69, 9.17) is 10.3 Å². The van der Waals surface area contributed by atoms with E-state index in [1.807, 2.05) is 6.07 Å². The van der Waals surface area contributed by atoms with Gasteiger partial charge in [0.1, 0.15) is 0 Å². The number of nitrogens with two attached hydrogens (primary N) is 1. The van der Waals surface area contributed by atoms with Crippen LogP contribution in [0.15, 0.2) is 16.7 Å². The zero-order chi connectivity index (χ0) is 13.0. The van der Waals surface area contributed by atoms with Crippen molar-refractivity contribution in [1.29, 1.82) is 0 Å². The molecule has 100 valence electrons. The Kier molecular flexibility index (Phi) is 4.38. The van der Waals surface area contributed by atoms with Crippen LogP contribution in [0.2, 0.25) is 0 Å². The molecule has 2 rings (SSSR count). The number of hydrogen-bond acceptors (Lipinski definition) is 4. The number of carbonyl (C=O) groups excluding carboxylic acids is 1. The van der Waals surface area contributed by atoms with Gasteiger partial charge < -0.3 is 4.42 Å². The van der Waals surface area contributed by atoms with Crippen LogP contribution in [0, 0.1) is 5.92 Å². The highest BCUT2D eigenvalue weighted by Gasteiger charge is 2.19. The lowest BCUT2D eigenvalue weighted by Crippen LogP contribution is -2.31. The minimum atomic E-state index is -0.363. The van der Waals surface area contributed by atoms with E-state index in [-0.39, 0.29) is 5.91 Å². The molecule has 18 heavy (non-hydrogen) atoms. The van der Waals surface area contributed by atoms with Crippen molar-refractivity contribution < 1.29 is 9.21 Å². The monoisotopic (exact) mass is 251 g/mol. The van der Waals surface area contributed by atoms with Crippen molar-refractivity contribution in [3.8, 4) is 0 Å². The molecule has 1 unspecified atom stereocenters. The Bertz CT molecular complexity index is 403. The van der Waals surface area contributed by atoms with E-state index in [0.29, 0.717) is 5.76 Å². The Morgan fingerprint density at radius 3 is 3.17 bits per heavy atom. The van der Waals surface area contributed by atoms with Gasteiger partial charge in [-0.05, 0) is 44.3 Å². The number of amides is 1. The predicted octanol–water partition coefficient (Wildman–Crippen LogP) is 1.51. The molecule has 0 spiro atoms. The van der Waals surface area contributed by atoms with Crippen molar-refractivity contribution >= 4 is 5.91 Å². The first kappa shape index (κ1) is 13.1. The molecule has 0 aromatic carbocycles. The summed E-state index contributed by atoms with van der Waals surface area (Å²) < 4.78 is 5.19. The zero-order valence-electron chi connectivity index (χ0n) is 10.8. The van der Waals surface area contributed by atoms with Crippen molar-refractivity contribution in [2.24, 2.45) is 11.8 Å². The van der Waals surface area contributed by atoms with Gasteiger partial charge in [-0.15, -0.1) is 0 Å². The highest BCUT2D eigenvalue weighted by molar-refractivity contribution is 5.92. The summed E-state index contributed by atoms with van der Waals surface area (Å²) in [6.07, 6.45) is 5.27. The van der Waals surface area contributed by atoms with E-state index in [9.17, 15) is 4.79 Å². The Balaban J connectivity index is 2.00. The fourth-order valence-corrected chi connectivity index (χ4v) is 2.45. The second kappa shape index (κ2) is 6.02. The molecule has 5 heteroatoms. The largest absolute Gasteiger partial charge is 0.459 e. The first-order valence-corrected chi connectivity index (χ1v) is 6.50. The smallest absolute Gasteiger partial charge is 0.301 e. The molecule has 0 aliphatic carbocycles. The van der Waals surface area contributed by atoms with Crippen LogP contribution >= 0.6 is 0 Å². The van der Waals surface area contributed by atoms with Crippen LogP contribution in [-0.4, -0.2) is 23.9 Å². The lowest BCUT2D eigenvalue weighted by Gasteiger charge is -2.19. The maximum atomic E-state index is 11.5. The number of rotatable bonds is 3. The Morgan fingerprint density at radius 2 is 2.39 bits per heavy atom. The Labute approximate surface area is 107 Å². The Morgan fingerprint density at radius 1 is 1.56 bits per heavy atom. The summed E-state index contributed by atoms with van der Waals surface area (Å²) in [4.78, 5) is 13.9. The van der Waals surface area contributed by atoms with Crippen LogP contribution in [0.3, 0.4) is 0 Å². The van der Waals surface area contributed by atoms with Crippen molar-refractivity contribution in [3.05, 3.63) is 23.7 Å². The van der Waals surface area contributed by atoms with Crippen molar-refractivity contribution in [2.45, 2.75) is 32.7 Å². The van der Waals surface area contributed by atoms with Gasteiger partial charge in [0, 0.05) is 12.1 Å². The van der Waals surface area contributed by atoms with Crippen LogP contribution in [0.4, 0.5) is 0 Å². The van der Waals surface area contributed by atoms with Crippen molar-refractivity contribution in [2.75, 3.05) is 13.1 Å². The number of nitrogens with one attached hydrogen (secondary N) is 1. The van der Waals surface area contributed by atoms with Crippen LogP contribution in [-0.2, 0) is 6.54 Å². The maximum Gasteiger partial charge on any atom is 0.301 e. The van der Waals surface area contributed by atoms with Gasteiger partial charge in [-0.1, -0.05) is 6.92 Å². The predicted molar refractivity (Wildman–Crippen MR) is 68.7 cm³/mol. The average Bonchev–Trinajstić information content (AvgIpc) is 2.73. The van der Waals surface area contributed by atoms with Gasteiger partial charge in [0.25, 0.3) is 0 Å². The number of likely N-dealkylation sites (tertiary alicyclic amines) is 1. The molecule has 0 saturated carbocycles. The van der Waals surface area contributed by atoms with E-state index in [1.165, 1.54) is 19.3 Å². The standard InChI is InChI=1S/C13H21N3O2/c1-10-3-2-6-16(7-4-10)9-11-5-8-18-12(11)13(17)15-14/h5,8,10H,2-4,6-7,9,14H2,1H3,(H,15,17). The molecule has 0 radical (unpaired) electrons. The van der Waals surface area contributed by atoms with Gasteiger partial charge in [0.15, 0.2) is 5.76 Å². The summed E-state index contributed by atoms with van der Waals surface area (Å²) in [6.45, 7) is 5.22. The minimum Gasteiger partial charge on any atom is -0.459 e. The molecule has 1 aliphatic rings. The Hall–Kier alpha value is -1.33. The van der Waals surface area contributed by atoms with Crippen LogP contribution in [0.5, 0.6) is 0 Å². The van der Waals surface area contributed by atoms with Gasteiger partial charge in [-0.3, -0.25) is 15.1 Å². The van der Waals surface area contributed by atoms with E-state index < -0.39 is 0 Å². The SMILES string of the molecule is CC1CCCN(Cc2ccoc2C(=O)NN)CC1. The second-order valence-electron chi connectivity index (χ2n) is 5.06. The lowest BCUT2D eigenvalue weighted by molar-refractivity contribution is 0.0923. The quantitative estimate of drug-likeness (QED) is 0.485. The number of furan rings is 1. The molecule has 5 nitrogen and oxygen atoms in total. The summed E-state index contributed by atoms with van der Waals surface area (Å²) >= 11 is 0. The number of carbonyl (C=O) groups is 1. The van der Waals surface area contributed by atoms with Crippen LogP contribution < -0.4 is 11.3 Å². The highest BCUT2D eigenvalue weighted by atomic mass is 16.3. The first-order chi connectivity index (χ1) is 8.70. The van der Waals surface area contributed by atoms with E-state index in [2.05, 4.69) is 17.2 Å². The van der Waals surface area contributed by atoms with Gasteiger partial charge in [0.05, 0.1) is 6.26 Å². The fourth-order valence-electron chi connectivity index (χ4n) is 2.45. The molecule has 1 saturated heterocycles. The van der Waals surface area contributed by atoms with Gasteiger partial charge in [-0.2, -0.15) is 0 Å². The molecular formula is C13H21N3O2. The third-order valence-electron chi connectivity index (χ3n) is 3.59. The lowest BCUT2D eigenvalue weighted by atomic mass is 10.0. The molecule has 1 aromatic heterocycles. The molecule has 1 fully saturated rings. The topological polar surface area (TPSA) is 71.5 Å². The number of hydrogen-bond donors (Lipinski definition) is 2. The molecule has 1 amide bonds.